The molecule has 0 saturated heterocycles. The molecule has 0 aliphatic heterocycles. The van der Waals surface area contributed by atoms with Crippen molar-refractivity contribution in [2.75, 3.05) is 6.61 Å². The van der Waals surface area contributed by atoms with Crippen LogP contribution in [0.15, 0.2) is 48.5 Å². The van der Waals surface area contributed by atoms with E-state index in [1.165, 1.54) is 24.0 Å². The number of Topliss-reactive ketones (excluding diaryl/α,β-unsaturated/α-hetero) is 1. The second-order valence-corrected chi connectivity index (χ2v) is 7.14. The average molecular weight is 334 g/mol. The standard InChI is InChI=1S/C22H22O3/c23-20(18-11-10-16-6-4-5-7-17(16)14-18)15-25-21(24)22(12-13-22)19-8-2-1-3-9-19/h1-3,8-11,14H,4-7,12-13,15H2. The maximum atomic E-state index is 12.5. The second kappa shape index (κ2) is 6.47. The van der Waals surface area contributed by atoms with Crippen molar-refractivity contribution in [1.29, 1.82) is 0 Å². The highest BCUT2D eigenvalue weighted by molar-refractivity contribution is 5.99. The fraction of sp³-hybridized carbons (Fsp3) is 0.364. The van der Waals surface area contributed by atoms with Crippen LogP contribution < -0.4 is 0 Å². The molecule has 0 spiro atoms. The van der Waals surface area contributed by atoms with E-state index in [0.29, 0.717) is 5.56 Å². The van der Waals surface area contributed by atoms with Gasteiger partial charge >= 0.3 is 5.97 Å². The van der Waals surface area contributed by atoms with Crippen LogP contribution in [0.2, 0.25) is 0 Å². The summed E-state index contributed by atoms with van der Waals surface area (Å²) >= 11 is 0. The summed E-state index contributed by atoms with van der Waals surface area (Å²) < 4.78 is 5.40. The van der Waals surface area contributed by atoms with Gasteiger partial charge in [-0.05, 0) is 61.3 Å². The largest absolute Gasteiger partial charge is 0.457 e. The maximum Gasteiger partial charge on any atom is 0.317 e. The molecule has 0 bridgehead atoms. The van der Waals surface area contributed by atoms with Crippen LogP contribution in [0, 0.1) is 0 Å². The summed E-state index contributed by atoms with van der Waals surface area (Å²) in [5.41, 5.74) is 3.73. The van der Waals surface area contributed by atoms with Crippen molar-refractivity contribution in [1.82, 2.24) is 0 Å². The Hall–Kier alpha value is -2.42. The number of aryl methyl sites for hydroxylation is 2. The zero-order chi connectivity index (χ0) is 17.3. The highest BCUT2D eigenvalue weighted by Gasteiger charge is 2.52. The van der Waals surface area contributed by atoms with Gasteiger partial charge in [0.05, 0.1) is 5.41 Å². The third-order valence-electron chi connectivity index (χ3n) is 5.47. The van der Waals surface area contributed by atoms with Gasteiger partial charge in [-0.1, -0.05) is 42.5 Å². The van der Waals surface area contributed by atoms with Gasteiger partial charge in [0.1, 0.15) is 0 Å². The molecule has 3 nitrogen and oxygen atoms in total. The molecule has 0 aromatic heterocycles. The highest BCUT2D eigenvalue weighted by Crippen LogP contribution is 2.49. The highest BCUT2D eigenvalue weighted by atomic mass is 16.5. The lowest BCUT2D eigenvalue weighted by atomic mass is 9.90. The van der Waals surface area contributed by atoms with Crippen LogP contribution in [0.4, 0.5) is 0 Å². The van der Waals surface area contributed by atoms with Gasteiger partial charge in [0.25, 0.3) is 0 Å². The number of ether oxygens (including phenoxy) is 1. The zero-order valence-corrected chi connectivity index (χ0v) is 14.3. The van der Waals surface area contributed by atoms with Gasteiger partial charge in [-0.15, -0.1) is 0 Å². The Morgan fingerprint density at radius 2 is 1.64 bits per heavy atom. The van der Waals surface area contributed by atoms with Crippen molar-refractivity contribution >= 4 is 11.8 Å². The molecule has 2 aliphatic carbocycles. The number of esters is 1. The smallest absolute Gasteiger partial charge is 0.317 e. The van der Waals surface area contributed by atoms with Crippen LogP contribution in [-0.4, -0.2) is 18.4 Å². The van der Waals surface area contributed by atoms with Crippen LogP contribution in [0.25, 0.3) is 0 Å². The van der Waals surface area contributed by atoms with Gasteiger partial charge in [0.15, 0.2) is 12.4 Å². The molecule has 0 radical (unpaired) electrons. The number of ketones is 1. The van der Waals surface area contributed by atoms with Crippen LogP contribution in [0.3, 0.4) is 0 Å². The number of carbonyl (C=O) groups is 2. The van der Waals surface area contributed by atoms with Crippen LogP contribution in [-0.2, 0) is 27.8 Å². The lowest BCUT2D eigenvalue weighted by molar-refractivity contribution is -0.145. The Kier molecular flexibility index (Phi) is 4.16. The SMILES string of the molecule is O=C(COC(=O)C1(c2ccccc2)CC1)c1ccc2c(c1)CCCC2. The molecule has 1 fully saturated rings. The van der Waals surface area contributed by atoms with Crippen molar-refractivity contribution < 1.29 is 14.3 Å². The number of hydrogen-bond acceptors (Lipinski definition) is 3. The zero-order valence-electron chi connectivity index (χ0n) is 14.3. The van der Waals surface area contributed by atoms with E-state index in [2.05, 4.69) is 6.07 Å². The summed E-state index contributed by atoms with van der Waals surface area (Å²) in [6, 6.07) is 15.6. The molecule has 128 valence electrons. The third-order valence-corrected chi connectivity index (χ3v) is 5.47. The average Bonchev–Trinajstić information content (AvgIpc) is 3.48. The number of benzene rings is 2. The predicted molar refractivity (Wildman–Crippen MR) is 95.7 cm³/mol. The van der Waals surface area contributed by atoms with Crippen LogP contribution >= 0.6 is 0 Å². The Morgan fingerprint density at radius 1 is 0.920 bits per heavy atom. The number of carbonyl (C=O) groups excluding carboxylic acids is 2. The number of hydrogen-bond donors (Lipinski definition) is 0. The summed E-state index contributed by atoms with van der Waals surface area (Å²) in [6.07, 6.45) is 6.12. The monoisotopic (exact) mass is 334 g/mol. The summed E-state index contributed by atoms with van der Waals surface area (Å²) in [6.45, 7) is -0.174. The first-order chi connectivity index (χ1) is 12.2. The van der Waals surface area contributed by atoms with Crippen molar-refractivity contribution in [2.45, 2.75) is 43.9 Å². The number of rotatable bonds is 5. The van der Waals surface area contributed by atoms with E-state index in [-0.39, 0.29) is 18.4 Å². The minimum atomic E-state index is -0.530. The fourth-order valence-electron chi connectivity index (χ4n) is 3.75. The fourth-order valence-corrected chi connectivity index (χ4v) is 3.75. The lowest BCUT2D eigenvalue weighted by Gasteiger charge is -2.17. The molecule has 0 N–H and O–H groups in total. The minimum absolute atomic E-state index is 0.120. The van der Waals surface area contributed by atoms with Gasteiger partial charge in [-0.3, -0.25) is 9.59 Å². The summed E-state index contributed by atoms with van der Waals surface area (Å²) in [5, 5.41) is 0. The van der Waals surface area contributed by atoms with Crippen LogP contribution in [0.1, 0.15) is 52.7 Å². The first kappa shape index (κ1) is 16.1. The lowest BCUT2D eigenvalue weighted by Crippen LogP contribution is -2.26. The molecule has 0 amide bonds. The van der Waals surface area contributed by atoms with E-state index in [1.54, 1.807) is 0 Å². The Morgan fingerprint density at radius 3 is 2.36 bits per heavy atom. The predicted octanol–water partition coefficient (Wildman–Crippen LogP) is 4.02. The molecule has 2 aromatic rings. The molecule has 2 aliphatic rings. The molecule has 0 unspecified atom stereocenters. The van der Waals surface area contributed by atoms with Gasteiger partial charge in [0, 0.05) is 5.56 Å². The molecule has 1 saturated carbocycles. The van der Waals surface area contributed by atoms with Crippen molar-refractivity contribution in [2.24, 2.45) is 0 Å². The van der Waals surface area contributed by atoms with E-state index >= 15 is 0 Å². The maximum absolute atomic E-state index is 12.5. The first-order valence-electron chi connectivity index (χ1n) is 9.07. The molecule has 0 atom stereocenters. The molecule has 2 aromatic carbocycles. The first-order valence-corrected chi connectivity index (χ1v) is 9.07. The van der Waals surface area contributed by atoms with Crippen molar-refractivity contribution in [3.63, 3.8) is 0 Å². The minimum Gasteiger partial charge on any atom is -0.457 e. The van der Waals surface area contributed by atoms with Gasteiger partial charge in [0.2, 0.25) is 0 Å². The van der Waals surface area contributed by atoms with Crippen LogP contribution in [0.5, 0.6) is 0 Å². The Bertz CT molecular complexity index is 803. The van der Waals surface area contributed by atoms with E-state index in [9.17, 15) is 9.59 Å². The molecule has 4 rings (SSSR count). The van der Waals surface area contributed by atoms with Gasteiger partial charge < -0.3 is 4.74 Å². The van der Waals surface area contributed by atoms with E-state index in [4.69, 9.17) is 4.74 Å². The van der Waals surface area contributed by atoms with E-state index < -0.39 is 5.41 Å². The second-order valence-electron chi connectivity index (χ2n) is 7.14. The molecule has 3 heteroatoms. The van der Waals surface area contributed by atoms with Crippen molar-refractivity contribution in [3.05, 3.63) is 70.8 Å². The Labute approximate surface area is 148 Å². The summed E-state index contributed by atoms with van der Waals surface area (Å²) in [4.78, 5) is 25.0. The quantitative estimate of drug-likeness (QED) is 0.613. The van der Waals surface area contributed by atoms with E-state index in [0.717, 1.165) is 31.2 Å². The molecular formula is C22H22O3. The van der Waals surface area contributed by atoms with E-state index in [1.807, 2.05) is 42.5 Å². The topological polar surface area (TPSA) is 43.4 Å². The summed E-state index contributed by atoms with van der Waals surface area (Å²) in [5.74, 6) is -0.393. The van der Waals surface area contributed by atoms with Gasteiger partial charge in [-0.25, -0.2) is 0 Å². The molecular weight excluding hydrogens is 312 g/mol. The number of fused-ring (bicyclic) bond motifs is 1. The normalized spacial score (nSPS) is 17.4. The Balaban J connectivity index is 1.41. The van der Waals surface area contributed by atoms with Gasteiger partial charge in [-0.2, -0.15) is 0 Å². The summed E-state index contributed by atoms with van der Waals surface area (Å²) in [7, 11) is 0. The molecule has 25 heavy (non-hydrogen) atoms. The van der Waals surface area contributed by atoms with Crippen molar-refractivity contribution in [3.8, 4) is 0 Å². The molecule has 0 heterocycles. The third kappa shape index (κ3) is 3.11.